The summed E-state index contributed by atoms with van der Waals surface area (Å²) in [6, 6.07) is 30.3. The van der Waals surface area contributed by atoms with Crippen LogP contribution in [0, 0.1) is 11.8 Å². The molecule has 6 nitrogen and oxygen atoms in total. The lowest BCUT2D eigenvalue weighted by Gasteiger charge is -2.45. The maximum Gasteiger partial charge on any atom is 0.114 e. The highest BCUT2D eigenvalue weighted by Crippen LogP contribution is 2.33. The van der Waals surface area contributed by atoms with Crippen molar-refractivity contribution in [1.29, 1.82) is 0 Å². The Morgan fingerprint density at radius 1 is 0.762 bits per heavy atom. The second kappa shape index (κ2) is 16.7. The summed E-state index contributed by atoms with van der Waals surface area (Å²) < 4.78 is 26.0. The summed E-state index contributed by atoms with van der Waals surface area (Å²) in [7, 11) is 0. The highest BCUT2D eigenvalue weighted by Gasteiger charge is 2.44. The standard InChI is InChI=1S/C36H46O6/c1-4-31(37)34(38)26(2)20-21-32-36(41-24-30-18-12-7-13-19-30)35(40-23-29-16-10-6-11-17-29)27(3)33(42-32)25-39-22-28-14-8-5-9-15-28/h5-21,26-27,31-38H,4,22-25H2,1-3H3/t26-,27?,31+,32?,33?,34-,35?,36?/m0/s1. The van der Waals surface area contributed by atoms with Crippen molar-refractivity contribution < 1.29 is 29.2 Å². The second-order valence-electron chi connectivity index (χ2n) is 11.2. The quantitative estimate of drug-likeness (QED) is 0.214. The van der Waals surface area contributed by atoms with Gasteiger partial charge in [0.2, 0.25) is 0 Å². The SMILES string of the molecule is CC[C@@H](O)[C@@H](O)[C@@H](C)C=CC1OC(COCc2ccccc2)C(C)C(OCc2ccccc2)C1OCc1ccccc1. The molecule has 1 aliphatic heterocycles. The van der Waals surface area contributed by atoms with Crippen LogP contribution in [0.2, 0.25) is 0 Å². The smallest absolute Gasteiger partial charge is 0.114 e. The molecule has 0 bridgehead atoms. The van der Waals surface area contributed by atoms with E-state index in [2.05, 4.69) is 19.1 Å². The highest BCUT2D eigenvalue weighted by molar-refractivity contribution is 5.16. The van der Waals surface area contributed by atoms with Gasteiger partial charge in [-0.1, -0.05) is 124 Å². The van der Waals surface area contributed by atoms with Crippen LogP contribution < -0.4 is 0 Å². The molecular weight excluding hydrogens is 528 g/mol. The van der Waals surface area contributed by atoms with Crippen LogP contribution in [0.25, 0.3) is 0 Å². The molecule has 0 aromatic heterocycles. The summed E-state index contributed by atoms with van der Waals surface area (Å²) in [5.74, 6) is -0.283. The first-order chi connectivity index (χ1) is 20.5. The zero-order valence-electron chi connectivity index (χ0n) is 25.0. The molecule has 6 heteroatoms. The first kappa shape index (κ1) is 32.1. The van der Waals surface area contributed by atoms with Crippen molar-refractivity contribution in [1.82, 2.24) is 0 Å². The van der Waals surface area contributed by atoms with Crippen molar-refractivity contribution in [3.05, 3.63) is 120 Å². The summed E-state index contributed by atoms with van der Waals surface area (Å²) >= 11 is 0. The molecule has 8 atom stereocenters. The minimum absolute atomic E-state index is 0.0140. The maximum absolute atomic E-state index is 10.6. The van der Waals surface area contributed by atoms with E-state index in [1.165, 1.54) is 0 Å². The van der Waals surface area contributed by atoms with Crippen LogP contribution in [0.4, 0.5) is 0 Å². The minimum Gasteiger partial charge on any atom is -0.390 e. The van der Waals surface area contributed by atoms with Crippen molar-refractivity contribution in [3.8, 4) is 0 Å². The monoisotopic (exact) mass is 574 g/mol. The van der Waals surface area contributed by atoms with Gasteiger partial charge in [-0.3, -0.25) is 0 Å². The molecule has 2 N–H and O–H groups in total. The lowest BCUT2D eigenvalue weighted by molar-refractivity contribution is -0.228. The Labute approximate surface area is 250 Å². The van der Waals surface area contributed by atoms with E-state index in [1.807, 2.05) is 105 Å². The summed E-state index contributed by atoms with van der Waals surface area (Å²) in [4.78, 5) is 0. The van der Waals surface area contributed by atoms with E-state index < -0.39 is 24.4 Å². The van der Waals surface area contributed by atoms with Gasteiger partial charge in [-0.15, -0.1) is 0 Å². The third-order valence-corrected chi connectivity index (χ3v) is 8.00. The second-order valence-corrected chi connectivity index (χ2v) is 11.2. The third-order valence-electron chi connectivity index (χ3n) is 8.00. The van der Waals surface area contributed by atoms with E-state index in [0.29, 0.717) is 32.8 Å². The number of aliphatic hydroxyl groups is 2. The summed E-state index contributed by atoms with van der Waals surface area (Å²) in [5, 5.41) is 20.8. The van der Waals surface area contributed by atoms with Crippen LogP contribution in [0.3, 0.4) is 0 Å². The van der Waals surface area contributed by atoms with E-state index in [0.717, 1.165) is 16.7 Å². The van der Waals surface area contributed by atoms with Gasteiger partial charge in [-0.25, -0.2) is 0 Å². The highest BCUT2D eigenvalue weighted by atomic mass is 16.6. The Bertz CT molecular complexity index is 1170. The lowest BCUT2D eigenvalue weighted by Crippen LogP contribution is -2.56. The Hall–Kier alpha value is -2.84. The van der Waals surface area contributed by atoms with E-state index >= 15 is 0 Å². The number of rotatable bonds is 15. The molecular formula is C36H46O6. The molecule has 0 radical (unpaired) electrons. The summed E-state index contributed by atoms with van der Waals surface area (Å²) in [5.41, 5.74) is 3.26. The minimum atomic E-state index is -0.868. The molecule has 0 saturated carbocycles. The zero-order chi connectivity index (χ0) is 29.7. The lowest BCUT2D eigenvalue weighted by atomic mass is 9.87. The molecule has 3 aromatic carbocycles. The van der Waals surface area contributed by atoms with Crippen LogP contribution >= 0.6 is 0 Å². The fourth-order valence-electron chi connectivity index (χ4n) is 5.27. The van der Waals surface area contributed by atoms with Crippen LogP contribution in [0.1, 0.15) is 43.9 Å². The fourth-order valence-corrected chi connectivity index (χ4v) is 5.27. The van der Waals surface area contributed by atoms with Gasteiger partial charge >= 0.3 is 0 Å². The van der Waals surface area contributed by atoms with E-state index in [4.69, 9.17) is 18.9 Å². The van der Waals surface area contributed by atoms with Gasteiger partial charge in [-0.05, 0) is 23.1 Å². The van der Waals surface area contributed by atoms with Gasteiger partial charge in [-0.2, -0.15) is 0 Å². The largest absolute Gasteiger partial charge is 0.390 e. The van der Waals surface area contributed by atoms with Crippen molar-refractivity contribution in [2.45, 2.75) is 83.6 Å². The third kappa shape index (κ3) is 9.33. The molecule has 1 fully saturated rings. The average molecular weight is 575 g/mol. The Kier molecular flexibility index (Phi) is 12.8. The van der Waals surface area contributed by atoms with Gasteiger partial charge in [0.25, 0.3) is 0 Å². The van der Waals surface area contributed by atoms with Crippen molar-refractivity contribution in [2.24, 2.45) is 11.8 Å². The van der Waals surface area contributed by atoms with Gasteiger partial charge in [0.15, 0.2) is 0 Å². The zero-order valence-corrected chi connectivity index (χ0v) is 25.0. The Morgan fingerprint density at radius 3 is 1.79 bits per heavy atom. The molecule has 1 aliphatic rings. The first-order valence-electron chi connectivity index (χ1n) is 15.1. The van der Waals surface area contributed by atoms with Gasteiger partial charge in [0.05, 0.1) is 50.8 Å². The van der Waals surface area contributed by atoms with Crippen molar-refractivity contribution in [2.75, 3.05) is 6.61 Å². The van der Waals surface area contributed by atoms with Gasteiger partial charge in [0, 0.05) is 11.8 Å². The summed E-state index contributed by atoms with van der Waals surface area (Å²) in [6.45, 7) is 7.66. The molecule has 5 unspecified atom stereocenters. The number of hydrogen-bond acceptors (Lipinski definition) is 6. The molecule has 42 heavy (non-hydrogen) atoms. The van der Waals surface area contributed by atoms with Crippen molar-refractivity contribution >= 4 is 0 Å². The molecule has 0 spiro atoms. The van der Waals surface area contributed by atoms with Crippen LogP contribution in [-0.4, -0.2) is 53.4 Å². The summed E-state index contributed by atoms with van der Waals surface area (Å²) in [6.07, 6.45) is 1.35. The molecule has 1 saturated heterocycles. The molecule has 3 aromatic rings. The number of benzene rings is 3. The van der Waals surface area contributed by atoms with E-state index in [1.54, 1.807) is 0 Å². The van der Waals surface area contributed by atoms with Crippen LogP contribution in [0.15, 0.2) is 103 Å². The molecule has 0 aliphatic carbocycles. The van der Waals surface area contributed by atoms with Crippen molar-refractivity contribution in [3.63, 3.8) is 0 Å². The fraction of sp³-hybridized carbons (Fsp3) is 0.444. The van der Waals surface area contributed by atoms with Crippen LogP contribution in [0.5, 0.6) is 0 Å². The Morgan fingerprint density at radius 2 is 1.26 bits per heavy atom. The van der Waals surface area contributed by atoms with E-state index in [-0.39, 0.29) is 24.0 Å². The predicted octanol–water partition coefficient (Wildman–Crippen LogP) is 6.10. The maximum atomic E-state index is 10.6. The first-order valence-corrected chi connectivity index (χ1v) is 15.1. The predicted molar refractivity (Wildman–Crippen MR) is 165 cm³/mol. The number of ether oxygens (including phenoxy) is 4. The van der Waals surface area contributed by atoms with Crippen LogP contribution in [-0.2, 0) is 38.8 Å². The van der Waals surface area contributed by atoms with Gasteiger partial charge in [0.1, 0.15) is 12.2 Å². The Balaban J connectivity index is 1.56. The van der Waals surface area contributed by atoms with E-state index in [9.17, 15) is 10.2 Å². The normalized spacial score (nSPS) is 24.8. The molecule has 0 amide bonds. The number of hydrogen-bond donors (Lipinski definition) is 2. The molecule has 1 heterocycles. The molecule has 226 valence electrons. The molecule has 4 rings (SSSR count). The topological polar surface area (TPSA) is 77.4 Å². The van der Waals surface area contributed by atoms with Gasteiger partial charge < -0.3 is 29.2 Å². The number of aliphatic hydroxyl groups excluding tert-OH is 2. The average Bonchev–Trinajstić information content (AvgIpc) is 3.04.